The van der Waals surface area contributed by atoms with E-state index in [0.29, 0.717) is 5.82 Å². The highest BCUT2D eigenvalue weighted by Crippen LogP contribution is 2.41. The van der Waals surface area contributed by atoms with Gasteiger partial charge in [-0.3, -0.25) is 0 Å². The van der Waals surface area contributed by atoms with E-state index in [1.54, 1.807) is 0 Å². The molecule has 41 heavy (non-hydrogen) atoms. The number of aromatic nitrogens is 2. The van der Waals surface area contributed by atoms with Gasteiger partial charge in [0.1, 0.15) is 11.2 Å². The molecule has 0 unspecified atom stereocenters. The van der Waals surface area contributed by atoms with Crippen molar-refractivity contribution in [1.29, 1.82) is 0 Å². The number of hydrogen-bond acceptors (Lipinski definition) is 3. The summed E-state index contributed by atoms with van der Waals surface area (Å²) in [4.78, 5) is 10.2. The van der Waals surface area contributed by atoms with Gasteiger partial charge in [-0.1, -0.05) is 115 Å². The average molecular weight is 525 g/mol. The predicted molar refractivity (Wildman–Crippen MR) is 169 cm³/mol. The van der Waals surface area contributed by atoms with Gasteiger partial charge in [-0.2, -0.15) is 0 Å². The molecule has 0 bridgehead atoms. The Morgan fingerprint density at radius 1 is 0.415 bits per heavy atom. The third kappa shape index (κ3) is 4.16. The Bertz CT molecular complexity index is 2130. The number of benzene rings is 6. The monoisotopic (exact) mass is 524 g/mol. The Kier molecular flexibility index (Phi) is 5.46. The molecule has 6 aromatic carbocycles. The number of fused-ring (bicyclic) bond motifs is 4. The molecule has 8 rings (SSSR count). The zero-order valence-corrected chi connectivity index (χ0v) is 22.2. The second kappa shape index (κ2) is 9.58. The molecule has 0 radical (unpaired) electrons. The number of hydrogen-bond donors (Lipinski definition) is 0. The van der Waals surface area contributed by atoms with Gasteiger partial charge in [0.2, 0.25) is 0 Å². The van der Waals surface area contributed by atoms with Gasteiger partial charge in [0.25, 0.3) is 0 Å². The second-order valence-electron chi connectivity index (χ2n) is 10.3. The first kappa shape index (κ1) is 23.4. The van der Waals surface area contributed by atoms with Crippen LogP contribution in [0.1, 0.15) is 0 Å². The van der Waals surface area contributed by atoms with Crippen molar-refractivity contribution < 1.29 is 4.42 Å². The van der Waals surface area contributed by atoms with Gasteiger partial charge in [-0.25, -0.2) is 9.97 Å². The molecule has 0 spiro atoms. The minimum absolute atomic E-state index is 0.662. The van der Waals surface area contributed by atoms with Gasteiger partial charge in [-0.15, -0.1) is 0 Å². The van der Waals surface area contributed by atoms with Crippen LogP contribution in [0.15, 0.2) is 150 Å². The van der Waals surface area contributed by atoms with Crippen molar-refractivity contribution in [3.05, 3.63) is 146 Å². The molecule has 0 amide bonds. The maximum Gasteiger partial charge on any atom is 0.160 e. The van der Waals surface area contributed by atoms with Crippen molar-refractivity contribution in [3.63, 3.8) is 0 Å². The van der Waals surface area contributed by atoms with Crippen molar-refractivity contribution in [2.45, 2.75) is 0 Å². The van der Waals surface area contributed by atoms with E-state index in [-0.39, 0.29) is 0 Å². The fraction of sp³-hybridized carbons (Fsp3) is 0. The lowest BCUT2D eigenvalue weighted by atomic mass is 9.96. The highest BCUT2D eigenvalue weighted by molar-refractivity contribution is 6.16. The molecule has 3 heteroatoms. The molecular formula is C38H24N2O. The van der Waals surface area contributed by atoms with E-state index < -0.39 is 0 Å². The van der Waals surface area contributed by atoms with Crippen molar-refractivity contribution >= 4 is 32.7 Å². The maximum absolute atomic E-state index is 6.56. The van der Waals surface area contributed by atoms with E-state index >= 15 is 0 Å². The summed E-state index contributed by atoms with van der Waals surface area (Å²) in [5, 5.41) is 4.56. The molecule has 3 nitrogen and oxygen atoms in total. The number of furan rings is 1. The van der Waals surface area contributed by atoms with Gasteiger partial charge >= 0.3 is 0 Å². The van der Waals surface area contributed by atoms with Gasteiger partial charge in [0, 0.05) is 27.5 Å². The standard InChI is InChI=1S/C38H24N2O/c1-4-12-25(13-5-1)31-21-30(23-36-37(31)32-20-28-18-10-11-19-29(28)22-35(32)41-36)38-39-33(26-14-6-2-7-15-26)24-34(40-38)27-16-8-3-9-17-27/h1-24H. The van der Waals surface area contributed by atoms with Crippen molar-refractivity contribution in [3.8, 4) is 45.0 Å². The summed E-state index contributed by atoms with van der Waals surface area (Å²) < 4.78 is 6.56. The van der Waals surface area contributed by atoms with Crippen LogP contribution in [0.4, 0.5) is 0 Å². The van der Waals surface area contributed by atoms with Crippen LogP contribution in [-0.2, 0) is 0 Å². The largest absolute Gasteiger partial charge is 0.456 e. The third-order valence-electron chi connectivity index (χ3n) is 7.65. The normalized spacial score (nSPS) is 11.4. The molecule has 8 aromatic rings. The Labute approximate surface area is 237 Å². The predicted octanol–water partition coefficient (Wildman–Crippen LogP) is 10.2. The minimum atomic E-state index is 0.662. The molecule has 0 aliphatic heterocycles. The van der Waals surface area contributed by atoms with E-state index in [2.05, 4.69) is 103 Å². The van der Waals surface area contributed by atoms with E-state index in [4.69, 9.17) is 14.4 Å². The first-order valence-corrected chi connectivity index (χ1v) is 13.7. The Morgan fingerprint density at radius 2 is 0.951 bits per heavy atom. The fourth-order valence-corrected chi connectivity index (χ4v) is 5.66. The van der Waals surface area contributed by atoms with Crippen LogP contribution in [0.25, 0.3) is 77.7 Å². The molecule has 0 aliphatic rings. The van der Waals surface area contributed by atoms with Crippen molar-refractivity contribution in [2.24, 2.45) is 0 Å². The van der Waals surface area contributed by atoms with E-state index in [9.17, 15) is 0 Å². The minimum Gasteiger partial charge on any atom is -0.456 e. The van der Waals surface area contributed by atoms with Crippen LogP contribution in [0.2, 0.25) is 0 Å². The Balaban J connectivity index is 1.42. The average Bonchev–Trinajstić information content (AvgIpc) is 3.41. The van der Waals surface area contributed by atoms with Crippen molar-refractivity contribution in [1.82, 2.24) is 9.97 Å². The van der Waals surface area contributed by atoms with Gasteiger partial charge in [-0.05, 0) is 52.2 Å². The summed E-state index contributed by atoms with van der Waals surface area (Å²) in [6, 6.07) is 50.2. The highest BCUT2D eigenvalue weighted by atomic mass is 16.3. The van der Waals surface area contributed by atoms with Crippen LogP contribution in [-0.4, -0.2) is 9.97 Å². The summed E-state index contributed by atoms with van der Waals surface area (Å²) in [6.07, 6.45) is 0. The zero-order chi connectivity index (χ0) is 27.2. The second-order valence-corrected chi connectivity index (χ2v) is 10.3. The molecule has 0 aliphatic carbocycles. The first-order chi connectivity index (χ1) is 20.3. The lowest BCUT2D eigenvalue weighted by Crippen LogP contribution is -1.96. The summed E-state index contributed by atoms with van der Waals surface area (Å²) in [7, 11) is 0. The van der Waals surface area contributed by atoms with Crippen LogP contribution < -0.4 is 0 Å². The molecular weight excluding hydrogens is 500 g/mol. The van der Waals surface area contributed by atoms with E-state index in [0.717, 1.165) is 66.5 Å². The zero-order valence-electron chi connectivity index (χ0n) is 22.2. The van der Waals surface area contributed by atoms with Crippen LogP contribution in [0.3, 0.4) is 0 Å². The SMILES string of the molecule is c1ccc(-c2cc(-c3ccccc3)nc(-c3cc(-c4ccccc4)c4c(c3)oc3cc5ccccc5cc34)n2)cc1. The Morgan fingerprint density at radius 3 is 1.56 bits per heavy atom. The maximum atomic E-state index is 6.56. The van der Waals surface area contributed by atoms with Crippen molar-refractivity contribution in [2.75, 3.05) is 0 Å². The third-order valence-corrected chi connectivity index (χ3v) is 7.65. The van der Waals surface area contributed by atoms with E-state index in [1.807, 2.05) is 42.5 Å². The number of rotatable bonds is 4. The summed E-state index contributed by atoms with van der Waals surface area (Å²) in [5.74, 6) is 0.662. The molecule has 0 atom stereocenters. The van der Waals surface area contributed by atoms with Crippen LogP contribution in [0.5, 0.6) is 0 Å². The van der Waals surface area contributed by atoms with Gasteiger partial charge in [0.05, 0.1) is 11.4 Å². The van der Waals surface area contributed by atoms with E-state index in [1.165, 1.54) is 5.39 Å². The molecule has 0 saturated carbocycles. The lowest BCUT2D eigenvalue weighted by molar-refractivity contribution is 0.669. The van der Waals surface area contributed by atoms with Gasteiger partial charge in [0.15, 0.2) is 5.82 Å². The quantitative estimate of drug-likeness (QED) is 0.230. The lowest BCUT2D eigenvalue weighted by Gasteiger charge is -2.11. The Hall–Kier alpha value is -5.54. The molecule has 2 heterocycles. The smallest absolute Gasteiger partial charge is 0.160 e. The highest BCUT2D eigenvalue weighted by Gasteiger charge is 2.18. The summed E-state index contributed by atoms with van der Waals surface area (Å²) >= 11 is 0. The molecule has 2 aromatic heterocycles. The fourth-order valence-electron chi connectivity index (χ4n) is 5.66. The summed E-state index contributed by atoms with van der Waals surface area (Å²) in [5.41, 5.74) is 8.69. The topological polar surface area (TPSA) is 38.9 Å². The van der Waals surface area contributed by atoms with Gasteiger partial charge < -0.3 is 4.42 Å². The number of nitrogens with zero attached hydrogens (tertiary/aromatic N) is 2. The summed E-state index contributed by atoms with van der Waals surface area (Å²) in [6.45, 7) is 0. The van der Waals surface area contributed by atoms with Crippen LogP contribution in [0, 0.1) is 0 Å². The van der Waals surface area contributed by atoms with Crippen LogP contribution >= 0.6 is 0 Å². The first-order valence-electron chi connectivity index (χ1n) is 13.7. The molecule has 0 saturated heterocycles. The molecule has 0 N–H and O–H groups in total. The molecule has 192 valence electrons. The molecule has 0 fully saturated rings.